The molecule has 12 aromatic heterocycles. The summed E-state index contributed by atoms with van der Waals surface area (Å²) in [7, 11) is 8.15. The third-order valence-electron chi connectivity index (χ3n) is 25.0. The predicted octanol–water partition coefficient (Wildman–Crippen LogP) is 25.9. The van der Waals surface area contributed by atoms with Crippen molar-refractivity contribution in [2.45, 2.75) is 118 Å². The van der Waals surface area contributed by atoms with Crippen molar-refractivity contribution in [2.75, 3.05) is 0 Å². The third-order valence-corrected chi connectivity index (χ3v) is 25.0. The van der Waals surface area contributed by atoms with Gasteiger partial charge in [0, 0.05) is 135 Å². The van der Waals surface area contributed by atoms with Crippen molar-refractivity contribution in [3.05, 3.63) is 301 Å². The van der Waals surface area contributed by atoms with Crippen LogP contribution in [0, 0.1) is 45.4 Å². The number of pyridine rings is 8. The van der Waals surface area contributed by atoms with Crippen LogP contribution in [0.4, 0.5) is 0 Å². The SMILES string of the molecule is Cc1ccc2c(oc3ncc4ccccc4c32)c1-c1c2ccccc2cc[n+]1C.[2H]C([2H])(c1cc[n+](C)c(-c2cc3c(cc2C)oc2ncc4ccccc4c23)c1)C(C)C.[2H]C([2H])(c1cc[n+](C)c(-c2cc3c(cc2C)oc2ncc4ccccc4c23)c1)C1CCCC1.[2H]C([2H])(c1cc[n+](C)c(-c2cc3c(cc2C)oc2ncc4ccccc4c23)c1)C1CCCCC1. The van der Waals surface area contributed by atoms with E-state index >= 15 is 0 Å². The number of rotatable bonds is 10. The number of aryl methyl sites for hydroxylation is 8. The summed E-state index contributed by atoms with van der Waals surface area (Å²) in [4.78, 5) is 18.3. The molecule has 2 aliphatic carbocycles. The predicted molar refractivity (Wildman–Crippen MR) is 493 cm³/mol. The average molecular weight is 1590 g/mol. The van der Waals surface area contributed by atoms with Gasteiger partial charge in [-0.15, -0.1) is 0 Å². The Morgan fingerprint density at radius 3 is 1.10 bits per heavy atom. The first kappa shape index (κ1) is 69.6. The lowest BCUT2D eigenvalue weighted by atomic mass is 9.85. The highest BCUT2D eigenvalue weighted by molar-refractivity contribution is 6.22. The molecule has 0 spiro atoms. The summed E-state index contributed by atoms with van der Waals surface area (Å²) in [6.07, 6.45) is 21.1. The van der Waals surface area contributed by atoms with Crippen molar-refractivity contribution in [3.8, 4) is 45.0 Å². The summed E-state index contributed by atoms with van der Waals surface area (Å²) in [5.41, 5.74) is 21.2. The second kappa shape index (κ2) is 31.8. The lowest BCUT2D eigenvalue weighted by molar-refractivity contribution is -0.660. The minimum atomic E-state index is -1.40. The van der Waals surface area contributed by atoms with Gasteiger partial charge in [-0.05, 0) is 173 Å². The summed E-state index contributed by atoms with van der Waals surface area (Å²) >= 11 is 0. The lowest BCUT2D eigenvalue weighted by Crippen LogP contribution is -2.31. The van der Waals surface area contributed by atoms with Crippen LogP contribution in [0.5, 0.6) is 0 Å². The number of furan rings is 4. The van der Waals surface area contributed by atoms with Gasteiger partial charge in [0.1, 0.15) is 44.9 Å². The summed E-state index contributed by atoms with van der Waals surface area (Å²) in [5.74, 6) is 0.0596. The van der Waals surface area contributed by atoms with E-state index in [1.807, 2.05) is 156 Å². The van der Waals surface area contributed by atoms with E-state index in [1.165, 1.54) is 28.1 Å². The van der Waals surface area contributed by atoms with Gasteiger partial charge in [-0.2, -0.15) is 0 Å². The van der Waals surface area contributed by atoms with Crippen LogP contribution in [-0.4, -0.2) is 19.9 Å². The first-order chi connectivity index (χ1) is 61.4. The molecule has 2 saturated carbocycles. The number of fused-ring (bicyclic) bond motifs is 21. The Labute approximate surface area is 712 Å². The van der Waals surface area contributed by atoms with Gasteiger partial charge in [-0.25, -0.2) is 38.2 Å². The molecule has 0 atom stereocenters. The Balaban J connectivity index is 0.000000107. The molecule has 0 N–H and O–H groups in total. The molecule has 121 heavy (non-hydrogen) atoms. The summed E-state index contributed by atoms with van der Waals surface area (Å²) in [5, 5.41) is 19.8. The summed E-state index contributed by atoms with van der Waals surface area (Å²) in [6.45, 7) is 12.2. The number of benzene rings is 9. The topological polar surface area (TPSA) is 120 Å². The molecule has 0 aliphatic heterocycles. The minimum absolute atomic E-state index is 0.0839. The maximum absolute atomic E-state index is 8.98. The van der Waals surface area contributed by atoms with E-state index in [-0.39, 0.29) is 17.8 Å². The molecule has 2 fully saturated rings. The molecule has 0 amide bonds. The molecule has 12 nitrogen and oxygen atoms in total. The fourth-order valence-corrected chi connectivity index (χ4v) is 18.9. The molecule has 12 heterocycles. The van der Waals surface area contributed by atoms with Gasteiger partial charge >= 0.3 is 0 Å². The van der Waals surface area contributed by atoms with Crippen molar-refractivity contribution in [1.29, 1.82) is 0 Å². The van der Waals surface area contributed by atoms with Crippen LogP contribution in [0.2, 0.25) is 0 Å². The van der Waals surface area contributed by atoms with E-state index < -0.39 is 19.1 Å². The molecule has 9 aromatic carbocycles. The molecular weight excluding hydrogens is 1490 g/mol. The van der Waals surface area contributed by atoms with Crippen LogP contribution in [0.1, 0.15) is 119 Å². The average Bonchev–Trinajstić information content (AvgIpc) is 1.60. The smallest absolute Gasteiger partial charge is 0.227 e. The molecule has 596 valence electrons. The maximum atomic E-state index is 8.98. The highest BCUT2D eigenvalue weighted by Gasteiger charge is 2.28. The Hall–Kier alpha value is -13.3. The Bertz CT molecular complexity index is 7990. The minimum Gasteiger partial charge on any atom is -0.438 e. The first-order valence-corrected chi connectivity index (χ1v) is 42.6. The van der Waals surface area contributed by atoms with E-state index in [9.17, 15) is 0 Å². The fourth-order valence-electron chi connectivity index (χ4n) is 18.9. The van der Waals surface area contributed by atoms with E-state index in [4.69, 9.17) is 25.9 Å². The number of hydrogen-bond donors (Lipinski definition) is 0. The molecule has 0 bridgehead atoms. The summed E-state index contributed by atoms with van der Waals surface area (Å²) < 4.78 is 86.0. The van der Waals surface area contributed by atoms with E-state index in [1.54, 1.807) is 0 Å². The Morgan fingerprint density at radius 1 is 0.339 bits per heavy atom. The molecule has 12 heteroatoms. The second-order valence-corrected chi connectivity index (χ2v) is 33.6. The normalized spacial score (nSPS) is 14.6. The van der Waals surface area contributed by atoms with Crippen LogP contribution < -0.4 is 18.3 Å². The van der Waals surface area contributed by atoms with Crippen LogP contribution in [0.3, 0.4) is 0 Å². The number of hydrogen-bond acceptors (Lipinski definition) is 8. The Kier molecular flexibility index (Phi) is 18.3. The molecule has 21 aromatic rings. The van der Waals surface area contributed by atoms with Crippen molar-refractivity contribution in [2.24, 2.45) is 45.9 Å². The van der Waals surface area contributed by atoms with E-state index in [0.717, 1.165) is 227 Å². The second-order valence-electron chi connectivity index (χ2n) is 33.6. The maximum Gasteiger partial charge on any atom is 0.227 e. The molecule has 0 unspecified atom stereocenters. The van der Waals surface area contributed by atoms with Gasteiger partial charge in [0.15, 0.2) is 30.4 Å². The molecule has 23 rings (SSSR count). The van der Waals surface area contributed by atoms with Gasteiger partial charge in [-0.1, -0.05) is 199 Å². The lowest BCUT2D eigenvalue weighted by Gasteiger charge is -2.21. The zero-order valence-electron chi connectivity index (χ0n) is 76.1. The largest absolute Gasteiger partial charge is 0.438 e. The van der Waals surface area contributed by atoms with Crippen LogP contribution in [0.15, 0.2) is 280 Å². The van der Waals surface area contributed by atoms with E-state index in [0.29, 0.717) is 28.4 Å². The first-order valence-electron chi connectivity index (χ1n) is 45.6. The molecule has 0 saturated heterocycles. The quantitative estimate of drug-likeness (QED) is 0.124. The molecule has 2 aliphatic rings. The highest BCUT2D eigenvalue weighted by Crippen LogP contribution is 2.45. The summed E-state index contributed by atoms with van der Waals surface area (Å²) in [6, 6.07) is 72.8. The van der Waals surface area contributed by atoms with Crippen LogP contribution in [0.25, 0.3) is 187 Å². The number of aromatic nitrogens is 8. The van der Waals surface area contributed by atoms with Crippen molar-refractivity contribution in [1.82, 2.24) is 19.9 Å². The monoisotopic (exact) mass is 1590 g/mol. The zero-order valence-corrected chi connectivity index (χ0v) is 70.1. The zero-order chi connectivity index (χ0) is 87.6. The highest BCUT2D eigenvalue weighted by atomic mass is 16.4. The molecule has 0 radical (unpaired) electrons. The van der Waals surface area contributed by atoms with Crippen LogP contribution in [-0.2, 0) is 47.3 Å². The van der Waals surface area contributed by atoms with Gasteiger partial charge in [0.25, 0.3) is 0 Å². The van der Waals surface area contributed by atoms with Crippen LogP contribution >= 0.6 is 0 Å². The van der Waals surface area contributed by atoms with Crippen molar-refractivity contribution < 1.29 is 44.2 Å². The van der Waals surface area contributed by atoms with E-state index in [2.05, 4.69) is 214 Å². The van der Waals surface area contributed by atoms with Gasteiger partial charge in [0.05, 0.1) is 32.5 Å². The van der Waals surface area contributed by atoms with Gasteiger partial charge in [-0.3, -0.25) is 0 Å². The van der Waals surface area contributed by atoms with Crippen molar-refractivity contribution in [3.63, 3.8) is 0 Å². The third kappa shape index (κ3) is 14.3. The van der Waals surface area contributed by atoms with Gasteiger partial charge in [0.2, 0.25) is 45.6 Å². The number of nitrogens with zero attached hydrogens (tertiary/aromatic N) is 8. The molecular formula is C109H100N8O4+4. The standard InChI is InChI=1S/C29H29N2O.C28H27N2O.C26H19N2O.C26H25N2O/c1-19-14-27-25(28-23-11-7-6-10-22(23)18-30-29(28)32-27)17-24(19)26-16-21(12-13-31(26)2)15-20-8-4-3-5-9-20;1-18-13-26-24(27-22-10-6-5-9-21(22)17-29-28(27)31-26)16-23(18)25-15-20(11-12-30(25)2)14-19-7-3-4-8-19;1-16-11-12-21-23-19-9-5-4-8-18(19)15-27-26(23)29-25(21)22(16)24-20-10-6-3-7-17(20)13-14-28(24)2;1-16(2)11-18-9-10-28(4)23(13-18)21-14-22-24(12-17(21)3)29-26-25(22)20-8-6-5-7-19(20)15-27-26/h6-7,10-14,16-18,20H,3-5,8-9,15H2,1-2H3;5-6,9-13,15-17,19H,3-4,7-8,14H2,1-2H3;3-15H,1-2H3;5-10,12-16H,11H2,1-4H3/q4*+1/i15D2;14D2;;11D2. The van der Waals surface area contributed by atoms with Gasteiger partial charge < -0.3 is 17.7 Å². The Morgan fingerprint density at radius 2 is 0.686 bits per heavy atom. The fraction of sp³-hybridized carbons (Fsp3) is 0.229. The van der Waals surface area contributed by atoms with Crippen molar-refractivity contribution >= 4 is 142 Å².